The standard InChI is InChI=1S/C12H11ClN2O2/c1-6-2-7-3-8(13)4-9(11(7)16-6)10-5-15-17-12(10)14/h3-6H,2,14H2,1H3. The van der Waals surface area contributed by atoms with Crippen LogP contribution < -0.4 is 10.5 Å². The summed E-state index contributed by atoms with van der Waals surface area (Å²) in [7, 11) is 0. The highest BCUT2D eigenvalue weighted by atomic mass is 35.5. The highest BCUT2D eigenvalue weighted by Crippen LogP contribution is 2.42. The van der Waals surface area contributed by atoms with E-state index in [1.54, 1.807) is 6.20 Å². The van der Waals surface area contributed by atoms with Crippen LogP contribution in [-0.4, -0.2) is 11.3 Å². The predicted octanol–water partition coefficient (Wildman–Crippen LogP) is 2.90. The van der Waals surface area contributed by atoms with Crippen LogP contribution in [0, 0.1) is 0 Å². The first-order valence-corrected chi connectivity index (χ1v) is 5.72. The van der Waals surface area contributed by atoms with Crippen LogP contribution in [0.5, 0.6) is 5.75 Å². The van der Waals surface area contributed by atoms with E-state index < -0.39 is 0 Å². The number of ether oxygens (including phenoxy) is 1. The third kappa shape index (κ3) is 1.65. The summed E-state index contributed by atoms with van der Waals surface area (Å²) >= 11 is 6.10. The summed E-state index contributed by atoms with van der Waals surface area (Å²) in [5.41, 5.74) is 8.38. The Morgan fingerprint density at radius 1 is 1.41 bits per heavy atom. The highest BCUT2D eigenvalue weighted by Gasteiger charge is 2.25. The summed E-state index contributed by atoms with van der Waals surface area (Å²) in [6, 6.07) is 3.74. The first kappa shape index (κ1) is 10.5. The molecule has 1 unspecified atom stereocenters. The predicted molar refractivity (Wildman–Crippen MR) is 65.2 cm³/mol. The molecule has 0 bridgehead atoms. The summed E-state index contributed by atoms with van der Waals surface area (Å²) in [6.07, 6.45) is 2.59. The van der Waals surface area contributed by atoms with Crippen molar-refractivity contribution in [3.8, 4) is 16.9 Å². The second-order valence-corrected chi connectivity index (χ2v) is 4.61. The largest absolute Gasteiger partial charge is 0.489 e. The van der Waals surface area contributed by atoms with E-state index in [0.29, 0.717) is 5.02 Å². The third-order valence-corrected chi connectivity index (χ3v) is 3.06. The van der Waals surface area contributed by atoms with Gasteiger partial charge in [-0.05, 0) is 24.6 Å². The van der Waals surface area contributed by atoms with Crippen LogP contribution in [0.2, 0.25) is 5.02 Å². The molecular formula is C12H11ClN2O2. The van der Waals surface area contributed by atoms with Crippen molar-refractivity contribution < 1.29 is 9.26 Å². The minimum Gasteiger partial charge on any atom is -0.489 e. The molecule has 0 saturated carbocycles. The zero-order valence-electron chi connectivity index (χ0n) is 9.24. The Balaban J connectivity index is 2.21. The molecule has 1 aromatic carbocycles. The van der Waals surface area contributed by atoms with Crippen LogP contribution in [0.3, 0.4) is 0 Å². The van der Waals surface area contributed by atoms with Crippen LogP contribution in [0.1, 0.15) is 12.5 Å². The third-order valence-electron chi connectivity index (χ3n) is 2.85. The number of aromatic nitrogens is 1. The Morgan fingerprint density at radius 3 is 2.94 bits per heavy atom. The molecule has 2 N–H and O–H groups in total. The summed E-state index contributed by atoms with van der Waals surface area (Å²) in [6.45, 7) is 2.02. The molecule has 88 valence electrons. The van der Waals surface area contributed by atoms with Crippen molar-refractivity contribution in [1.29, 1.82) is 0 Å². The van der Waals surface area contributed by atoms with E-state index in [0.717, 1.165) is 28.9 Å². The minimum atomic E-state index is 0.156. The van der Waals surface area contributed by atoms with Crippen molar-refractivity contribution in [2.45, 2.75) is 19.4 Å². The van der Waals surface area contributed by atoms with Gasteiger partial charge < -0.3 is 15.0 Å². The second kappa shape index (κ2) is 3.67. The smallest absolute Gasteiger partial charge is 0.230 e. The van der Waals surface area contributed by atoms with E-state index in [-0.39, 0.29) is 12.0 Å². The maximum atomic E-state index is 6.10. The number of fused-ring (bicyclic) bond motifs is 1. The number of anilines is 1. The lowest BCUT2D eigenvalue weighted by Crippen LogP contribution is -2.05. The number of nitrogen functional groups attached to an aromatic ring is 1. The SMILES string of the molecule is CC1Cc2cc(Cl)cc(-c3cnoc3N)c2O1. The fourth-order valence-corrected chi connectivity index (χ4v) is 2.39. The van der Waals surface area contributed by atoms with Crippen LogP contribution in [-0.2, 0) is 6.42 Å². The number of rotatable bonds is 1. The number of benzene rings is 1. The van der Waals surface area contributed by atoms with Gasteiger partial charge in [0.2, 0.25) is 5.88 Å². The van der Waals surface area contributed by atoms with E-state index in [4.69, 9.17) is 26.6 Å². The molecule has 0 radical (unpaired) electrons. The average Bonchev–Trinajstić information content (AvgIpc) is 2.82. The average molecular weight is 251 g/mol. The van der Waals surface area contributed by atoms with Gasteiger partial charge in [-0.2, -0.15) is 0 Å². The summed E-state index contributed by atoms with van der Waals surface area (Å²) in [4.78, 5) is 0. The Bertz CT molecular complexity index is 580. The maximum absolute atomic E-state index is 6.10. The van der Waals surface area contributed by atoms with Gasteiger partial charge in [0.1, 0.15) is 11.9 Å². The Hall–Kier alpha value is -1.68. The fourth-order valence-electron chi connectivity index (χ4n) is 2.14. The molecule has 2 aromatic rings. The van der Waals surface area contributed by atoms with Gasteiger partial charge in [0.25, 0.3) is 0 Å². The van der Waals surface area contributed by atoms with E-state index in [9.17, 15) is 0 Å². The number of halogens is 1. The molecule has 1 aliphatic rings. The molecule has 2 heterocycles. The van der Waals surface area contributed by atoms with Crippen LogP contribution in [0.25, 0.3) is 11.1 Å². The van der Waals surface area contributed by atoms with E-state index in [2.05, 4.69) is 5.16 Å². The molecule has 1 atom stereocenters. The summed E-state index contributed by atoms with van der Waals surface area (Å²) < 4.78 is 10.7. The van der Waals surface area contributed by atoms with Crippen molar-refractivity contribution in [2.24, 2.45) is 0 Å². The number of nitrogens with two attached hydrogens (primary N) is 1. The number of hydrogen-bond donors (Lipinski definition) is 1. The van der Waals surface area contributed by atoms with Crippen LogP contribution in [0.15, 0.2) is 22.9 Å². The Morgan fingerprint density at radius 2 is 2.24 bits per heavy atom. The van der Waals surface area contributed by atoms with Gasteiger partial charge >= 0.3 is 0 Å². The van der Waals surface area contributed by atoms with Gasteiger partial charge in [0.05, 0.1) is 11.8 Å². The van der Waals surface area contributed by atoms with Crippen molar-refractivity contribution in [1.82, 2.24) is 5.16 Å². The number of hydrogen-bond acceptors (Lipinski definition) is 4. The molecule has 5 heteroatoms. The fraction of sp³-hybridized carbons (Fsp3) is 0.250. The van der Waals surface area contributed by atoms with Crippen molar-refractivity contribution in [3.63, 3.8) is 0 Å². The maximum Gasteiger partial charge on any atom is 0.230 e. The Kier molecular flexibility index (Phi) is 2.26. The summed E-state index contributed by atoms with van der Waals surface area (Å²) in [5.74, 6) is 1.11. The summed E-state index contributed by atoms with van der Waals surface area (Å²) in [5, 5.41) is 4.34. The normalized spacial score (nSPS) is 17.9. The minimum absolute atomic E-state index is 0.156. The molecule has 0 saturated heterocycles. The Labute approximate surface area is 103 Å². The zero-order chi connectivity index (χ0) is 12.0. The first-order chi connectivity index (χ1) is 8.15. The number of nitrogens with zero attached hydrogens (tertiary/aromatic N) is 1. The molecule has 1 aromatic heterocycles. The first-order valence-electron chi connectivity index (χ1n) is 5.34. The van der Waals surface area contributed by atoms with E-state index >= 15 is 0 Å². The molecule has 1 aliphatic heterocycles. The lowest BCUT2D eigenvalue weighted by molar-refractivity contribution is 0.255. The van der Waals surface area contributed by atoms with Gasteiger partial charge in [-0.3, -0.25) is 0 Å². The lowest BCUT2D eigenvalue weighted by Gasteiger charge is -2.08. The van der Waals surface area contributed by atoms with Gasteiger partial charge in [0, 0.05) is 17.0 Å². The van der Waals surface area contributed by atoms with E-state index in [1.807, 2.05) is 19.1 Å². The van der Waals surface area contributed by atoms with Crippen LogP contribution in [0.4, 0.5) is 5.88 Å². The van der Waals surface area contributed by atoms with Gasteiger partial charge in [-0.1, -0.05) is 16.8 Å². The van der Waals surface area contributed by atoms with Crippen molar-refractivity contribution in [3.05, 3.63) is 28.9 Å². The molecule has 0 amide bonds. The van der Waals surface area contributed by atoms with Gasteiger partial charge in [-0.15, -0.1) is 0 Å². The molecule has 0 aliphatic carbocycles. The quantitative estimate of drug-likeness (QED) is 0.845. The monoisotopic (exact) mass is 250 g/mol. The molecule has 0 fully saturated rings. The van der Waals surface area contributed by atoms with E-state index in [1.165, 1.54) is 0 Å². The van der Waals surface area contributed by atoms with Crippen LogP contribution >= 0.6 is 11.6 Å². The van der Waals surface area contributed by atoms with Gasteiger partial charge in [0.15, 0.2) is 0 Å². The van der Waals surface area contributed by atoms with Crippen molar-refractivity contribution in [2.75, 3.05) is 5.73 Å². The molecule has 0 spiro atoms. The molecule has 17 heavy (non-hydrogen) atoms. The second-order valence-electron chi connectivity index (χ2n) is 4.18. The highest BCUT2D eigenvalue weighted by molar-refractivity contribution is 6.31. The topological polar surface area (TPSA) is 61.3 Å². The molecule has 4 nitrogen and oxygen atoms in total. The zero-order valence-corrected chi connectivity index (χ0v) is 9.99. The molecular weight excluding hydrogens is 240 g/mol. The lowest BCUT2D eigenvalue weighted by atomic mass is 10.0. The van der Waals surface area contributed by atoms with Crippen molar-refractivity contribution >= 4 is 17.5 Å². The van der Waals surface area contributed by atoms with Gasteiger partial charge in [-0.25, -0.2) is 0 Å². The molecule has 3 rings (SSSR count).